The van der Waals surface area contributed by atoms with E-state index in [0.717, 1.165) is 36.9 Å². The number of hydrogen-bond donors (Lipinski definition) is 2. The first-order chi connectivity index (χ1) is 11.2. The van der Waals surface area contributed by atoms with Crippen molar-refractivity contribution in [2.24, 2.45) is 5.92 Å². The Morgan fingerprint density at radius 3 is 2.50 bits per heavy atom. The van der Waals surface area contributed by atoms with Gasteiger partial charge in [-0.25, -0.2) is 0 Å². The maximum atomic E-state index is 12.1. The molecule has 6 heteroatoms. The summed E-state index contributed by atoms with van der Waals surface area (Å²) < 4.78 is 5.13. The molecule has 0 unspecified atom stereocenters. The van der Waals surface area contributed by atoms with E-state index in [4.69, 9.17) is 4.74 Å². The normalized spacial score (nSPS) is 15.6. The molecule has 0 atom stereocenters. The number of methoxy groups -OCH3 is 1. The van der Waals surface area contributed by atoms with Crippen LogP contribution in [0.3, 0.4) is 0 Å². The van der Waals surface area contributed by atoms with Crippen LogP contribution >= 0.6 is 12.4 Å². The number of ether oxygens (including phenoxy) is 1. The van der Waals surface area contributed by atoms with Crippen LogP contribution in [-0.4, -0.2) is 51.1 Å². The summed E-state index contributed by atoms with van der Waals surface area (Å²) in [5, 5.41) is 6.21. The number of rotatable bonds is 8. The molecule has 136 valence electrons. The number of carbonyl (C=O) groups is 1. The van der Waals surface area contributed by atoms with Gasteiger partial charge >= 0.3 is 0 Å². The zero-order valence-electron chi connectivity index (χ0n) is 14.7. The lowest BCUT2D eigenvalue weighted by Gasteiger charge is -2.31. The summed E-state index contributed by atoms with van der Waals surface area (Å²) in [6.45, 7) is 4.23. The molecule has 2 rings (SSSR count). The van der Waals surface area contributed by atoms with E-state index < -0.39 is 0 Å². The number of carbonyl (C=O) groups excluding carboxylic acids is 1. The highest BCUT2D eigenvalue weighted by molar-refractivity contribution is 5.85. The van der Waals surface area contributed by atoms with Crippen LogP contribution in [0.15, 0.2) is 24.3 Å². The summed E-state index contributed by atoms with van der Waals surface area (Å²) >= 11 is 0. The van der Waals surface area contributed by atoms with Gasteiger partial charge in [-0.3, -0.25) is 9.69 Å². The van der Waals surface area contributed by atoms with Crippen LogP contribution in [0.1, 0.15) is 24.8 Å². The molecule has 0 saturated carbocycles. The number of benzene rings is 1. The van der Waals surface area contributed by atoms with Gasteiger partial charge in [0.25, 0.3) is 0 Å². The van der Waals surface area contributed by atoms with E-state index in [2.05, 4.69) is 15.5 Å². The fourth-order valence-electron chi connectivity index (χ4n) is 2.98. The largest absolute Gasteiger partial charge is 0.497 e. The van der Waals surface area contributed by atoms with Gasteiger partial charge in [0.2, 0.25) is 5.91 Å². The molecule has 5 nitrogen and oxygen atoms in total. The van der Waals surface area contributed by atoms with Gasteiger partial charge in [-0.2, -0.15) is 0 Å². The molecular formula is C18H30ClN3O2. The van der Waals surface area contributed by atoms with Gasteiger partial charge in [0.05, 0.1) is 13.7 Å². The van der Waals surface area contributed by atoms with E-state index in [0.29, 0.717) is 13.1 Å². The lowest BCUT2D eigenvalue weighted by atomic mass is 9.93. The number of piperidine rings is 1. The van der Waals surface area contributed by atoms with Crippen LogP contribution in [0.25, 0.3) is 0 Å². The summed E-state index contributed by atoms with van der Waals surface area (Å²) in [7, 11) is 3.65. The molecular weight excluding hydrogens is 326 g/mol. The Morgan fingerprint density at radius 2 is 1.92 bits per heavy atom. The third-order valence-electron chi connectivity index (χ3n) is 4.53. The minimum absolute atomic E-state index is 0. The van der Waals surface area contributed by atoms with Crippen molar-refractivity contribution in [2.45, 2.75) is 25.8 Å². The third-order valence-corrected chi connectivity index (χ3v) is 4.53. The van der Waals surface area contributed by atoms with Crippen LogP contribution in [-0.2, 0) is 11.3 Å². The van der Waals surface area contributed by atoms with Crippen molar-refractivity contribution in [1.82, 2.24) is 15.5 Å². The quantitative estimate of drug-likeness (QED) is 0.749. The van der Waals surface area contributed by atoms with Crippen LogP contribution in [0, 0.1) is 5.92 Å². The standard InChI is InChI=1S/C18H29N3O2.ClH/c1-19-10-7-15-8-11-21(12-9-15)14-18(22)20-13-16-3-5-17(23-2)6-4-16;/h3-6,15,19H,7-14H2,1-2H3,(H,20,22);1H. The zero-order chi connectivity index (χ0) is 16.5. The highest BCUT2D eigenvalue weighted by Gasteiger charge is 2.20. The molecule has 1 saturated heterocycles. The number of nitrogens with zero attached hydrogens (tertiary/aromatic N) is 1. The minimum atomic E-state index is 0. The van der Waals surface area contributed by atoms with Crippen molar-refractivity contribution >= 4 is 18.3 Å². The number of amides is 1. The highest BCUT2D eigenvalue weighted by atomic mass is 35.5. The molecule has 1 amide bonds. The number of likely N-dealkylation sites (tertiary alicyclic amines) is 1. The van der Waals surface area contributed by atoms with Gasteiger partial charge in [-0.05, 0) is 69.6 Å². The summed E-state index contributed by atoms with van der Waals surface area (Å²) in [6.07, 6.45) is 3.65. The average Bonchev–Trinajstić information content (AvgIpc) is 2.60. The van der Waals surface area contributed by atoms with Gasteiger partial charge in [-0.1, -0.05) is 12.1 Å². The smallest absolute Gasteiger partial charge is 0.234 e. The number of halogens is 1. The maximum Gasteiger partial charge on any atom is 0.234 e. The van der Waals surface area contributed by atoms with Gasteiger partial charge in [0.15, 0.2) is 0 Å². The Kier molecular flexibility index (Phi) is 9.76. The third kappa shape index (κ3) is 7.07. The lowest BCUT2D eigenvalue weighted by Crippen LogP contribution is -2.41. The van der Waals surface area contributed by atoms with Crippen LogP contribution in [0.4, 0.5) is 0 Å². The van der Waals surface area contributed by atoms with Gasteiger partial charge in [0.1, 0.15) is 5.75 Å². The molecule has 1 aliphatic rings. The van der Waals surface area contributed by atoms with Crippen molar-refractivity contribution in [3.05, 3.63) is 29.8 Å². The van der Waals surface area contributed by atoms with E-state index in [-0.39, 0.29) is 18.3 Å². The predicted octanol–water partition coefficient (Wildman–Crippen LogP) is 2.05. The molecule has 2 N–H and O–H groups in total. The van der Waals surface area contributed by atoms with Gasteiger partial charge in [-0.15, -0.1) is 12.4 Å². The van der Waals surface area contributed by atoms with Gasteiger partial charge < -0.3 is 15.4 Å². The van der Waals surface area contributed by atoms with E-state index in [1.807, 2.05) is 31.3 Å². The Labute approximate surface area is 151 Å². The van der Waals surface area contributed by atoms with E-state index in [1.54, 1.807) is 7.11 Å². The predicted molar refractivity (Wildman–Crippen MR) is 99.8 cm³/mol. The number of hydrogen-bond acceptors (Lipinski definition) is 4. The fourth-order valence-corrected chi connectivity index (χ4v) is 2.98. The lowest BCUT2D eigenvalue weighted by molar-refractivity contribution is -0.122. The summed E-state index contributed by atoms with van der Waals surface area (Å²) in [5.74, 6) is 1.75. The fraction of sp³-hybridized carbons (Fsp3) is 0.611. The van der Waals surface area contributed by atoms with Gasteiger partial charge in [0, 0.05) is 6.54 Å². The Morgan fingerprint density at radius 1 is 1.25 bits per heavy atom. The maximum absolute atomic E-state index is 12.1. The molecule has 1 aromatic rings. The van der Waals surface area contributed by atoms with Crippen molar-refractivity contribution in [1.29, 1.82) is 0 Å². The molecule has 1 aromatic carbocycles. The molecule has 1 aliphatic heterocycles. The van der Waals surface area contributed by atoms with E-state index in [9.17, 15) is 4.79 Å². The van der Waals surface area contributed by atoms with Crippen LogP contribution < -0.4 is 15.4 Å². The molecule has 0 radical (unpaired) electrons. The first-order valence-corrected chi connectivity index (χ1v) is 8.48. The van der Waals surface area contributed by atoms with Crippen molar-refractivity contribution in [3.8, 4) is 5.75 Å². The Hall–Kier alpha value is -1.30. The van der Waals surface area contributed by atoms with E-state index >= 15 is 0 Å². The zero-order valence-corrected chi connectivity index (χ0v) is 15.5. The summed E-state index contributed by atoms with van der Waals surface area (Å²) in [4.78, 5) is 14.3. The monoisotopic (exact) mass is 355 g/mol. The Bertz CT molecular complexity index is 474. The van der Waals surface area contributed by atoms with Crippen LogP contribution in [0.2, 0.25) is 0 Å². The SMILES string of the molecule is CNCCC1CCN(CC(=O)NCc2ccc(OC)cc2)CC1.Cl. The first-order valence-electron chi connectivity index (χ1n) is 8.48. The Balaban J connectivity index is 0.00000288. The summed E-state index contributed by atoms with van der Waals surface area (Å²) in [5.41, 5.74) is 1.09. The van der Waals surface area contributed by atoms with Crippen molar-refractivity contribution in [2.75, 3.05) is 40.3 Å². The molecule has 1 heterocycles. The molecule has 0 bridgehead atoms. The molecule has 0 aromatic heterocycles. The molecule has 24 heavy (non-hydrogen) atoms. The topological polar surface area (TPSA) is 53.6 Å². The molecule has 0 spiro atoms. The average molecular weight is 356 g/mol. The first kappa shape index (κ1) is 20.7. The summed E-state index contributed by atoms with van der Waals surface area (Å²) in [6, 6.07) is 7.79. The molecule has 1 fully saturated rings. The number of nitrogens with one attached hydrogen (secondary N) is 2. The van der Waals surface area contributed by atoms with Crippen molar-refractivity contribution in [3.63, 3.8) is 0 Å². The second-order valence-electron chi connectivity index (χ2n) is 6.24. The minimum Gasteiger partial charge on any atom is -0.497 e. The molecule has 0 aliphatic carbocycles. The van der Waals surface area contributed by atoms with Crippen LogP contribution in [0.5, 0.6) is 5.75 Å². The van der Waals surface area contributed by atoms with E-state index in [1.165, 1.54) is 19.3 Å². The second kappa shape index (κ2) is 11.3. The van der Waals surface area contributed by atoms with Crippen molar-refractivity contribution < 1.29 is 9.53 Å². The highest BCUT2D eigenvalue weighted by Crippen LogP contribution is 2.19. The second-order valence-corrected chi connectivity index (χ2v) is 6.24.